The molecule has 2 rings (SSSR count). The predicted molar refractivity (Wildman–Crippen MR) is 70.7 cm³/mol. The lowest BCUT2D eigenvalue weighted by atomic mass is 10.1. The molecule has 4 heteroatoms. The number of nitro groups is 1. The number of rotatable bonds is 4. The van der Waals surface area contributed by atoms with Crippen LogP contribution in [-0.2, 0) is 13.0 Å². The van der Waals surface area contributed by atoms with Crippen LogP contribution in [0.2, 0.25) is 0 Å². The smallest absolute Gasteiger partial charge is 0.269 e. The number of hydrogen-bond donors (Lipinski definition) is 0. The Morgan fingerprint density at radius 3 is 2.50 bits per heavy atom. The molecule has 0 unspecified atom stereocenters. The first-order chi connectivity index (χ1) is 8.56. The van der Waals surface area contributed by atoms with E-state index in [1.54, 1.807) is 12.1 Å². The zero-order chi connectivity index (χ0) is 13.1. The third-order valence-corrected chi connectivity index (χ3v) is 3.12. The first-order valence-electron chi connectivity index (χ1n) is 5.92. The highest BCUT2D eigenvalue weighted by atomic mass is 16.6. The number of nitrogens with zero attached hydrogens (tertiary/aromatic N) is 2. The van der Waals surface area contributed by atoms with Gasteiger partial charge in [0.25, 0.3) is 5.69 Å². The number of aryl methyl sites for hydroxylation is 4. The van der Waals surface area contributed by atoms with E-state index in [2.05, 4.69) is 30.8 Å². The van der Waals surface area contributed by atoms with Gasteiger partial charge in [0, 0.05) is 31.1 Å². The third kappa shape index (κ3) is 2.77. The van der Waals surface area contributed by atoms with Gasteiger partial charge in [-0.05, 0) is 37.0 Å². The van der Waals surface area contributed by atoms with E-state index in [4.69, 9.17) is 0 Å². The van der Waals surface area contributed by atoms with E-state index in [0.29, 0.717) is 0 Å². The van der Waals surface area contributed by atoms with Gasteiger partial charge in [-0.15, -0.1) is 0 Å². The summed E-state index contributed by atoms with van der Waals surface area (Å²) < 4.78 is 2.13. The van der Waals surface area contributed by atoms with Gasteiger partial charge in [-0.3, -0.25) is 10.1 Å². The van der Waals surface area contributed by atoms with Crippen molar-refractivity contribution in [3.63, 3.8) is 0 Å². The van der Waals surface area contributed by atoms with Crippen molar-refractivity contribution in [1.82, 2.24) is 4.57 Å². The van der Waals surface area contributed by atoms with E-state index in [-0.39, 0.29) is 10.6 Å². The van der Waals surface area contributed by atoms with E-state index in [0.717, 1.165) is 18.5 Å². The van der Waals surface area contributed by atoms with Gasteiger partial charge in [-0.2, -0.15) is 0 Å². The average molecular weight is 244 g/mol. The summed E-state index contributed by atoms with van der Waals surface area (Å²) in [5, 5.41) is 10.7. The molecule has 0 spiro atoms. The van der Waals surface area contributed by atoms with Crippen molar-refractivity contribution in [3.05, 3.63) is 63.5 Å². The summed E-state index contributed by atoms with van der Waals surface area (Å²) in [6.45, 7) is 5.01. The number of hydrogen-bond acceptors (Lipinski definition) is 2. The van der Waals surface area contributed by atoms with Gasteiger partial charge in [0.2, 0.25) is 0 Å². The van der Waals surface area contributed by atoms with Crippen molar-refractivity contribution in [1.29, 1.82) is 0 Å². The minimum Gasteiger partial charge on any atom is -0.353 e. The Kier molecular flexibility index (Phi) is 3.46. The predicted octanol–water partition coefficient (Wildman–Crippen LogP) is 3.26. The fraction of sp³-hybridized carbons (Fsp3) is 0.286. The van der Waals surface area contributed by atoms with E-state index in [9.17, 15) is 10.1 Å². The summed E-state index contributed by atoms with van der Waals surface area (Å²) in [6.07, 6.45) is 5.01. The largest absolute Gasteiger partial charge is 0.353 e. The van der Waals surface area contributed by atoms with Gasteiger partial charge in [0.05, 0.1) is 4.92 Å². The maximum atomic E-state index is 10.7. The molecule has 0 radical (unpaired) electrons. The molecule has 0 N–H and O–H groups in total. The van der Waals surface area contributed by atoms with Crippen LogP contribution in [0.15, 0.2) is 36.7 Å². The van der Waals surface area contributed by atoms with Crippen LogP contribution in [0, 0.1) is 24.0 Å². The zero-order valence-electron chi connectivity index (χ0n) is 10.6. The number of non-ortho nitro benzene ring substituents is 1. The molecule has 0 fully saturated rings. The Morgan fingerprint density at radius 1 is 1.22 bits per heavy atom. The van der Waals surface area contributed by atoms with Crippen molar-refractivity contribution in [2.24, 2.45) is 0 Å². The summed E-state index contributed by atoms with van der Waals surface area (Å²) >= 11 is 0. The van der Waals surface area contributed by atoms with Gasteiger partial charge in [-0.25, -0.2) is 0 Å². The first-order valence-corrected chi connectivity index (χ1v) is 5.92. The molecule has 1 heterocycles. The molecule has 94 valence electrons. The molecular formula is C14H16N2O2. The van der Waals surface area contributed by atoms with Gasteiger partial charge in [0.15, 0.2) is 0 Å². The van der Waals surface area contributed by atoms with E-state index >= 15 is 0 Å². The van der Waals surface area contributed by atoms with Crippen LogP contribution in [0.25, 0.3) is 0 Å². The summed E-state index contributed by atoms with van der Waals surface area (Å²) in [7, 11) is 0. The third-order valence-electron chi connectivity index (χ3n) is 3.12. The van der Waals surface area contributed by atoms with E-state index < -0.39 is 0 Å². The lowest BCUT2D eigenvalue weighted by molar-refractivity contribution is -0.384. The lowest BCUT2D eigenvalue weighted by Crippen LogP contribution is -1.99. The fourth-order valence-electron chi connectivity index (χ4n) is 1.95. The molecule has 1 aromatic carbocycles. The second-order valence-electron chi connectivity index (χ2n) is 4.54. The van der Waals surface area contributed by atoms with Crippen LogP contribution in [0.4, 0.5) is 5.69 Å². The van der Waals surface area contributed by atoms with Gasteiger partial charge in [0.1, 0.15) is 0 Å². The van der Waals surface area contributed by atoms with Gasteiger partial charge < -0.3 is 4.57 Å². The fourth-order valence-corrected chi connectivity index (χ4v) is 1.95. The molecule has 1 aromatic heterocycles. The number of benzene rings is 1. The van der Waals surface area contributed by atoms with E-state index in [1.807, 2.05) is 6.07 Å². The van der Waals surface area contributed by atoms with Gasteiger partial charge in [-0.1, -0.05) is 12.1 Å². The SMILES string of the molecule is Cc1cn(CCc2cccc([N+](=O)[O-])c2)cc1C. The van der Waals surface area contributed by atoms with Crippen molar-refractivity contribution >= 4 is 5.69 Å². The molecular weight excluding hydrogens is 228 g/mol. The average Bonchev–Trinajstić information content (AvgIpc) is 2.67. The van der Waals surface area contributed by atoms with E-state index in [1.165, 1.54) is 17.2 Å². The zero-order valence-corrected chi connectivity index (χ0v) is 10.6. The minimum absolute atomic E-state index is 0.160. The van der Waals surface area contributed by atoms with Crippen LogP contribution in [0.1, 0.15) is 16.7 Å². The first kappa shape index (κ1) is 12.4. The second kappa shape index (κ2) is 5.04. The van der Waals surface area contributed by atoms with Crippen LogP contribution in [0.5, 0.6) is 0 Å². The lowest BCUT2D eigenvalue weighted by Gasteiger charge is -2.03. The molecule has 0 aliphatic carbocycles. The van der Waals surface area contributed by atoms with Crippen LogP contribution in [0.3, 0.4) is 0 Å². The molecule has 0 saturated heterocycles. The van der Waals surface area contributed by atoms with Crippen molar-refractivity contribution in [2.75, 3.05) is 0 Å². The molecule has 0 aliphatic heterocycles. The highest BCUT2D eigenvalue weighted by Crippen LogP contribution is 2.14. The number of nitro benzene ring substituents is 1. The van der Waals surface area contributed by atoms with Crippen LogP contribution < -0.4 is 0 Å². The topological polar surface area (TPSA) is 48.1 Å². The summed E-state index contributed by atoms with van der Waals surface area (Å²) in [5.74, 6) is 0. The quantitative estimate of drug-likeness (QED) is 0.612. The van der Waals surface area contributed by atoms with Crippen molar-refractivity contribution in [2.45, 2.75) is 26.8 Å². The Morgan fingerprint density at radius 2 is 1.89 bits per heavy atom. The second-order valence-corrected chi connectivity index (χ2v) is 4.54. The van der Waals surface area contributed by atoms with Gasteiger partial charge >= 0.3 is 0 Å². The summed E-state index contributed by atoms with van der Waals surface area (Å²) in [5.41, 5.74) is 3.70. The van der Waals surface area contributed by atoms with Crippen LogP contribution in [-0.4, -0.2) is 9.49 Å². The Hall–Kier alpha value is -2.10. The maximum absolute atomic E-state index is 10.7. The summed E-state index contributed by atoms with van der Waals surface area (Å²) in [4.78, 5) is 10.3. The maximum Gasteiger partial charge on any atom is 0.269 e. The molecule has 0 amide bonds. The molecule has 0 atom stereocenters. The molecule has 0 aliphatic rings. The molecule has 18 heavy (non-hydrogen) atoms. The Bertz CT molecular complexity index is 553. The molecule has 4 nitrogen and oxygen atoms in total. The Balaban J connectivity index is 2.06. The van der Waals surface area contributed by atoms with Crippen molar-refractivity contribution in [3.8, 4) is 0 Å². The van der Waals surface area contributed by atoms with Crippen LogP contribution >= 0.6 is 0 Å². The highest BCUT2D eigenvalue weighted by molar-refractivity contribution is 5.34. The monoisotopic (exact) mass is 244 g/mol. The number of aromatic nitrogens is 1. The minimum atomic E-state index is -0.354. The molecule has 0 saturated carbocycles. The molecule has 2 aromatic rings. The Labute approximate surface area is 106 Å². The normalized spacial score (nSPS) is 10.6. The standard InChI is InChI=1S/C14H16N2O2/c1-11-9-15(10-12(11)2)7-6-13-4-3-5-14(8-13)16(17)18/h3-5,8-10H,6-7H2,1-2H3. The summed E-state index contributed by atoms with van der Waals surface area (Å²) in [6, 6.07) is 6.83. The molecule has 0 bridgehead atoms. The highest BCUT2D eigenvalue weighted by Gasteiger charge is 2.05. The van der Waals surface area contributed by atoms with Crippen molar-refractivity contribution < 1.29 is 4.92 Å².